The van der Waals surface area contributed by atoms with Crippen molar-refractivity contribution in [1.29, 1.82) is 5.26 Å². The number of hydrogen-bond acceptors (Lipinski definition) is 8. The van der Waals surface area contributed by atoms with E-state index in [9.17, 15) is 10.4 Å². The second-order valence-corrected chi connectivity index (χ2v) is 6.57. The summed E-state index contributed by atoms with van der Waals surface area (Å²) in [6.07, 6.45) is 1.50. The Bertz CT molecular complexity index is 1240. The molecule has 0 aliphatic carbocycles. The molecule has 2 aromatic carbocycles. The average molecular weight is 402 g/mol. The van der Waals surface area contributed by atoms with Gasteiger partial charge in [0.15, 0.2) is 11.5 Å². The molecule has 0 fully saturated rings. The van der Waals surface area contributed by atoms with Gasteiger partial charge in [0.2, 0.25) is 0 Å². The van der Waals surface area contributed by atoms with E-state index in [2.05, 4.69) is 21.5 Å². The van der Waals surface area contributed by atoms with E-state index in [1.165, 1.54) is 6.20 Å². The molecule has 150 valence electrons. The van der Waals surface area contributed by atoms with Crippen LogP contribution in [0.3, 0.4) is 0 Å². The van der Waals surface area contributed by atoms with Crippen LogP contribution in [0.25, 0.3) is 10.9 Å². The highest BCUT2D eigenvalue weighted by atomic mass is 16.5. The fraction of sp³-hybridized carbons (Fsp3) is 0.136. The van der Waals surface area contributed by atoms with E-state index in [-0.39, 0.29) is 12.4 Å². The first-order chi connectivity index (χ1) is 14.6. The number of ether oxygens (including phenoxy) is 2. The van der Waals surface area contributed by atoms with Crippen LogP contribution in [0.15, 0.2) is 53.2 Å². The molecule has 0 bridgehead atoms. The predicted molar refractivity (Wildman–Crippen MR) is 110 cm³/mol. The number of rotatable bonds is 6. The van der Waals surface area contributed by atoms with Gasteiger partial charge in [-0.25, -0.2) is 0 Å². The number of pyridine rings is 1. The Hall–Kier alpha value is -4.25. The summed E-state index contributed by atoms with van der Waals surface area (Å²) >= 11 is 0. The zero-order chi connectivity index (χ0) is 21.1. The van der Waals surface area contributed by atoms with Gasteiger partial charge in [0, 0.05) is 29.4 Å². The van der Waals surface area contributed by atoms with Crippen LogP contribution in [0.5, 0.6) is 17.2 Å². The van der Waals surface area contributed by atoms with E-state index in [1.54, 1.807) is 49.6 Å². The number of aromatic hydroxyl groups is 1. The molecule has 2 N–H and O–H groups in total. The molecule has 0 amide bonds. The maximum atomic E-state index is 9.55. The Kier molecular flexibility index (Phi) is 5.09. The molecule has 0 aliphatic rings. The summed E-state index contributed by atoms with van der Waals surface area (Å²) in [7, 11) is 1.54. The van der Waals surface area contributed by atoms with Crippen molar-refractivity contribution in [2.24, 2.45) is 0 Å². The monoisotopic (exact) mass is 402 g/mol. The van der Waals surface area contributed by atoms with Gasteiger partial charge in [-0.1, -0.05) is 5.16 Å². The fourth-order valence-corrected chi connectivity index (χ4v) is 3.02. The van der Waals surface area contributed by atoms with Gasteiger partial charge < -0.3 is 24.4 Å². The lowest BCUT2D eigenvalue weighted by Crippen LogP contribution is -2.00. The summed E-state index contributed by atoms with van der Waals surface area (Å²) in [6, 6.07) is 14.0. The van der Waals surface area contributed by atoms with E-state index in [1.807, 2.05) is 6.92 Å². The third-order valence-electron chi connectivity index (χ3n) is 4.46. The van der Waals surface area contributed by atoms with Crippen molar-refractivity contribution in [2.75, 3.05) is 12.4 Å². The van der Waals surface area contributed by atoms with E-state index in [0.29, 0.717) is 45.1 Å². The summed E-state index contributed by atoms with van der Waals surface area (Å²) in [6.45, 7) is 2.03. The molecule has 0 saturated heterocycles. The maximum Gasteiger partial charge on any atom is 0.163 e. The van der Waals surface area contributed by atoms with Gasteiger partial charge in [0.05, 0.1) is 23.9 Å². The highest BCUT2D eigenvalue weighted by Gasteiger charge is 2.15. The largest absolute Gasteiger partial charge is 0.508 e. The number of nitriles is 1. The first kappa shape index (κ1) is 19.1. The molecule has 4 aromatic rings. The number of nitrogens with zero attached hydrogens (tertiary/aromatic N) is 3. The minimum Gasteiger partial charge on any atom is -0.508 e. The Labute approximate surface area is 172 Å². The van der Waals surface area contributed by atoms with E-state index < -0.39 is 0 Å². The maximum absolute atomic E-state index is 9.55. The third-order valence-corrected chi connectivity index (χ3v) is 4.46. The molecular weight excluding hydrogens is 384 g/mol. The van der Waals surface area contributed by atoms with E-state index >= 15 is 0 Å². The lowest BCUT2D eigenvalue weighted by atomic mass is 10.1. The molecule has 2 aromatic heterocycles. The van der Waals surface area contributed by atoms with Crippen LogP contribution in [0.2, 0.25) is 0 Å². The molecule has 0 radical (unpaired) electrons. The molecule has 0 unspecified atom stereocenters. The summed E-state index contributed by atoms with van der Waals surface area (Å²) in [5, 5.41) is 26.9. The van der Waals surface area contributed by atoms with Crippen molar-refractivity contribution in [1.82, 2.24) is 10.1 Å². The third kappa shape index (κ3) is 3.82. The quantitative estimate of drug-likeness (QED) is 0.455. The standard InChI is InChI=1S/C22H18N4O4/c1-13-7-16(26-30-13)12-29-21-9-19-18(8-20(21)28-2)22(14(10-23)11-24-19)25-15-3-5-17(27)6-4-15/h3-9,11,27H,12H2,1-2H3,(H,24,25). The number of aryl methyl sites for hydroxylation is 1. The smallest absolute Gasteiger partial charge is 0.163 e. The number of phenolic OH excluding ortho intramolecular Hbond substituents is 1. The zero-order valence-corrected chi connectivity index (χ0v) is 16.3. The number of nitrogens with one attached hydrogen (secondary N) is 1. The number of benzene rings is 2. The summed E-state index contributed by atoms with van der Waals surface area (Å²) < 4.78 is 16.4. The fourth-order valence-electron chi connectivity index (χ4n) is 3.02. The van der Waals surface area contributed by atoms with Gasteiger partial charge in [-0.05, 0) is 37.3 Å². The molecule has 0 saturated carbocycles. The zero-order valence-electron chi connectivity index (χ0n) is 16.3. The topological polar surface area (TPSA) is 113 Å². The van der Waals surface area contributed by atoms with Crippen molar-refractivity contribution >= 4 is 22.3 Å². The molecule has 2 heterocycles. The molecule has 8 heteroatoms. The van der Waals surface area contributed by atoms with Gasteiger partial charge >= 0.3 is 0 Å². The SMILES string of the molecule is COc1cc2c(Nc3ccc(O)cc3)c(C#N)cnc2cc1OCc1cc(C)on1. The van der Waals surface area contributed by atoms with Crippen LogP contribution in [0.4, 0.5) is 11.4 Å². The Morgan fingerprint density at radius 3 is 2.63 bits per heavy atom. The average Bonchev–Trinajstić information content (AvgIpc) is 3.18. The number of fused-ring (bicyclic) bond motifs is 1. The summed E-state index contributed by atoms with van der Waals surface area (Å²) in [5.74, 6) is 1.85. The van der Waals surface area contributed by atoms with Gasteiger partial charge in [-0.2, -0.15) is 5.26 Å². The van der Waals surface area contributed by atoms with Crippen LogP contribution in [-0.2, 0) is 6.61 Å². The minimum absolute atomic E-state index is 0.159. The van der Waals surface area contributed by atoms with Crippen molar-refractivity contribution in [3.8, 4) is 23.3 Å². The molecule has 0 atom stereocenters. The van der Waals surface area contributed by atoms with E-state index in [0.717, 1.165) is 5.69 Å². The number of aromatic nitrogens is 2. The predicted octanol–water partition coefficient (Wildman–Crippen LogP) is 4.44. The van der Waals surface area contributed by atoms with Gasteiger partial charge in [0.25, 0.3) is 0 Å². The van der Waals surface area contributed by atoms with Crippen LogP contribution < -0.4 is 14.8 Å². The van der Waals surface area contributed by atoms with Crippen LogP contribution in [0.1, 0.15) is 17.0 Å². The number of hydrogen-bond donors (Lipinski definition) is 2. The summed E-state index contributed by atoms with van der Waals surface area (Å²) in [5.41, 5.74) is 2.98. The second kappa shape index (κ2) is 8.01. The lowest BCUT2D eigenvalue weighted by molar-refractivity contribution is 0.272. The van der Waals surface area contributed by atoms with Crippen LogP contribution in [0, 0.1) is 18.3 Å². The number of methoxy groups -OCH3 is 1. The molecule has 30 heavy (non-hydrogen) atoms. The lowest BCUT2D eigenvalue weighted by Gasteiger charge is -2.15. The number of anilines is 2. The van der Waals surface area contributed by atoms with Crippen molar-refractivity contribution in [3.05, 3.63) is 65.7 Å². The molecule has 8 nitrogen and oxygen atoms in total. The second-order valence-electron chi connectivity index (χ2n) is 6.57. The highest BCUT2D eigenvalue weighted by Crippen LogP contribution is 2.37. The van der Waals surface area contributed by atoms with Crippen LogP contribution >= 0.6 is 0 Å². The van der Waals surface area contributed by atoms with Gasteiger partial charge in [-0.15, -0.1) is 0 Å². The Morgan fingerprint density at radius 2 is 1.97 bits per heavy atom. The van der Waals surface area contributed by atoms with Crippen molar-refractivity contribution in [2.45, 2.75) is 13.5 Å². The van der Waals surface area contributed by atoms with Crippen molar-refractivity contribution < 1.29 is 19.1 Å². The normalized spacial score (nSPS) is 10.6. The first-order valence-electron chi connectivity index (χ1n) is 9.09. The van der Waals surface area contributed by atoms with E-state index in [4.69, 9.17) is 14.0 Å². The molecule has 4 rings (SSSR count). The van der Waals surface area contributed by atoms with Gasteiger partial charge in [0.1, 0.15) is 29.9 Å². The Morgan fingerprint density at radius 1 is 1.17 bits per heavy atom. The van der Waals surface area contributed by atoms with Crippen LogP contribution in [-0.4, -0.2) is 22.4 Å². The molecule has 0 spiro atoms. The van der Waals surface area contributed by atoms with Crippen molar-refractivity contribution in [3.63, 3.8) is 0 Å². The highest BCUT2D eigenvalue weighted by molar-refractivity contribution is 5.97. The minimum atomic E-state index is 0.159. The first-order valence-corrected chi connectivity index (χ1v) is 9.09. The number of phenols is 1. The Balaban J connectivity index is 1.73. The molecular formula is C22H18N4O4. The summed E-state index contributed by atoms with van der Waals surface area (Å²) in [4.78, 5) is 4.39. The molecule has 0 aliphatic heterocycles. The van der Waals surface area contributed by atoms with Gasteiger partial charge in [-0.3, -0.25) is 4.98 Å².